The molecule has 3 aromatic rings. The molecule has 0 amide bonds. The van der Waals surface area contributed by atoms with Crippen LogP contribution in [0, 0.1) is 13.8 Å². The number of phenols is 1. The highest BCUT2D eigenvalue weighted by Gasteiger charge is 2.30. The van der Waals surface area contributed by atoms with Gasteiger partial charge in [0.05, 0.1) is 0 Å². The molecule has 0 saturated carbocycles. The van der Waals surface area contributed by atoms with Gasteiger partial charge in [-0.3, -0.25) is 0 Å². The molecule has 3 aromatic carbocycles. The number of fused-ring (bicyclic) bond motifs is 2. The molecule has 3 heteroatoms. The molecule has 0 bridgehead atoms. The minimum absolute atomic E-state index is 0.348. The summed E-state index contributed by atoms with van der Waals surface area (Å²) in [7, 11) is -0.827. The van der Waals surface area contributed by atoms with E-state index in [1.165, 1.54) is 21.7 Å². The second-order valence-electron chi connectivity index (χ2n) is 5.87. The summed E-state index contributed by atoms with van der Waals surface area (Å²) in [5.74, 6) is 2.13. The molecule has 114 valence electrons. The van der Waals surface area contributed by atoms with E-state index in [0.29, 0.717) is 5.75 Å². The Morgan fingerprint density at radius 2 is 1.30 bits per heavy atom. The van der Waals surface area contributed by atoms with Crippen molar-refractivity contribution in [3.8, 4) is 17.2 Å². The van der Waals surface area contributed by atoms with Crippen molar-refractivity contribution >= 4 is 23.8 Å². The van der Waals surface area contributed by atoms with E-state index in [-0.39, 0.29) is 0 Å². The maximum absolute atomic E-state index is 10.4. The standard InChI is InChI=1S/C20H17O2P/c1-13-7-9-16-19(11-13)23(18-6-4-3-5-15(18)21)20-12-14(2)8-10-17(20)22-16/h3-12,21H,1-2H3. The van der Waals surface area contributed by atoms with Crippen LogP contribution in [-0.2, 0) is 0 Å². The van der Waals surface area contributed by atoms with Gasteiger partial charge in [-0.05, 0) is 52.1 Å². The molecule has 1 N–H and O–H groups in total. The third-order valence-corrected chi connectivity index (χ3v) is 6.58. The lowest BCUT2D eigenvalue weighted by atomic mass is 10.2. The van der Waals surface area contributed by atoms with Crippen LogP contribution in [0.4, 0.5) is 0 Å². The van der Waals surface area contributed by atoms with E-state index in [9.17, 15) is 5.11 Å². The van der Waals surface area contributed by atoms with E-state index in [4.69, 9.17) is 4.74 Å². The van der Waals surface area contributed by atoms with Gasteiger partial charge in [0.2, 0.25) is 0 Å². The van der Waals surface area contributed by atoms with Gasteiger partial charge in [0.1, 0.15) is 17.2 Å². The monoisotopic (exact) mass is 320 g/mol. The Morgan fingerprint density at radius 1 is 0.739 bits per heavy atom. The fraction of sp³-hybridized carbons (Fsp3) is 0.100. The quantitative estimate of drug-likeness (QED) is 0.540. The van der Waals surface area contributed by atoms with Crippen LogP contribution in [0.15, 0.2) is 60.7 Å². The third-order valence-electron chi connectivity index (χ3n) is 4.05. The summed E-state index contributed by atoms with van der Waals surface area (Å²) in [6, 6.07) is 20.2. The summed E-state index contributed by atoms with van der Waals surface area (Å²) >= 11 is 0. The lowest BCUT2D eigenvalue weighted by Gasteiger charge is -2.29. The number of benzene rings is 3. The number of aromatic hydroxyl groups is 1. The minimum Gasteiger partial charge on any atom is -0.507 e. The van der Waals surface area contributed by atoms with E-state index in [2.05, 4.69) is 38.1 Å². The predicted octanol–water partition coefficient (Wildman–Crippen LogP) is 3.87. The molecule has 0 aromatic heterocycles. The molecule has 0 atom stereocenters. The predicted molar refractivity (Wildman–Crippen MR) is 96.4 cm³/mol. The SMILES string of the molecule is Cc1ccc2c(c1)P(c1ccccc1O)c1cc(C)ccc1O2. The number of rotatable bonds is 1. The van der Waals surface area contributed by atoms with E-state index in [1.807, 2.05) is 30.3 Å². The lowest BCUT2D eigenvalue weighted by molar-refractivity contribution is 0.479. The average molecular weight is 320 g/mol. The molecule has 1 heterocycles. The summed E-state index contributed by atoms with van der Waals surface area (Å²) in [6.07, 6.45) is 0. The van der Waals surface area contributed by atoms with E-state index < -0.39 is 7.92 Å². The summed E-state index contributed by atoms with van der Waals surface area (Å²) in [4.78, 5) is 0. The van der Waals surface area contributed by atoms with Crippen molar-refractivity contribution in [2.45, 2.75) is 13.8 Å². The Balaban J connectivity index is 2.02. The number of ether oxygens (including phenoxy) is 1. The van der Waals surface area contributed by atoms with Crippen LogP contribution in [0.25, 0.3) is 0 Å². The topological polar surface area (TPSA) is 29.5 Å². The van der Waals surface area contributed by atoms with Crippen molar-refractivity contribution in [3.05, 3.63) is 71.8 Å². The van der Waals surface area contributed by atoms with Crippen LogP contribution in [0.3, 0.4) is 0 Å². The minimum atomic E-state index is -0.827. The second kappa shape index (κ2) is 5.40. The normalized spacial score (nSPS) is 13.1. The first-order chi connectivity index (χ1) is 11.1. The largest absolute Gasteiger partial charge is 0.507 e. The zero-order valence-corrected chi connectivity index (χ0v) is 14.0. The van der Waals surface area contributed by atoms with Crippen molar-refractivity contribution in [1.29, 1.82) is 0 Å². The van der Waals surface area contributed by atoms with Crippen LogP contribution in [0.2, 0.25) is 0 Å². The summed E-state index contributed by atoms with van der Waals surface area (Å²) in [6.45, 7) is 4.18. The zero-order valence-electron chi connectivity index (χ0n) is 13.1. The fourth-order valence-electron chi connectivity index (χ4n) is 2.94. The van der Waals surface area contributed by atoms with Gasteiger partial charge in [-0.25, -0.2) is 0 Å². The molecule has 0 radical (unpaired) electrons. The van der Waals surface area contributed by atoms with Crippen LogP contribution in [0.1, 0.15) is 11.1 Å². The molecule has 0 saturated heterocycles. The van der Waals surface area contributed by atoms with E-state index >= 15 is 0 Å². The fourth-order valence-corrected chi connectivity index (χ4v) is 5.60. The highest BCUT2D eigenvalue weighted by molar-refractivity contribution is 7.80. The first-order valence-corrected chi connectivity index (χ1v) is 8.95. The van der Waals surface area contributed by atoms with Gasteiger partial charge < -0.3 is 9.84 Å². The number of para-hydroxylation sites is 1. The average Bonchev–Trinajstić information content (AvgIpc) is 2.54. The molecule has 0 spiro atoms. The number of hydrogen-bond donors (Lipinski definition) is 1. The highest BCUT2D eigenvalue weighted by atomic mass is 31.1. The van der Waals surface area contributed by atoms with Gasteiger partial charge >= 0.3 is 0 Å². The van der Waals surface area contributed by atoms with Gasteiger partial charge in [0, 0.05) is 15.9 Å². The maximum atomic E-state index is 10.4. The first kappa shape index (κ1) is 14.3. The molecule has 0 unspecified atom stereocenters. The summed E-state index contributed by atoms with van der Waals surface area (Å²) in [5, 5.41) is 13.7. The van der Waals surface area contributed by atoms with Crippen molar-refractivity contribution in [1.82, 2.24) is 0 Å². The van der Waals surface area contributed by atoms with Crippen LogP contribution in [0.5, 0.6) is 17.2 Å². The van der Waals surface area contributed by atoms with Crippen molar-refractivity contribution < 1.29 is 9.84 Å². The molecule has 2 nitrogen and oxygen atoms in total. The van der Waals surface area contributed by atoms with Crippen molar-refractivity contribution in [3.63, 3.8) is 0 Å². The Bertz CT molecular complexity index is 850. The molecule has 1 aliphatic heterocycles. The second-order valence-corrected chi connectivity index (χ2v) is 7.98. The molecule has 0 fully saturated rings. The Kier molecular flexibility index (Phi) is 3.36. The molecule has 4 rings (SSSR count). The Hall–Kier alpha value is -2.31. The third kappa shape index (κ3) is 2.40. The van der Waals surface area contributed by atoms with Crippen LogP contribution in [-0.4, -0.2) is 5.11 Å². The van der Waals surface area contributed by atoms with E-state index in [1.54, 1.807) is 6.07 Å². The van der Waals surface area contributed by atoms with E-state index in [0.717, 1.165) is 16.8 Å². The first-order valence-electron chi connectivity index (χ1n) is 7.61. The van der Waals surface area contributed by atoms with Crippen molar-refractivity contribution in [2.24, 2.45) is 0 Å². The molecule has 1 aliphatic rings. The summed E-state index contributed by atoms with van der Waals surface area (Å²) in [5.41, 5.74) is 2.40. The Morgan fingerprint density at radius 3 is 1.87 bits per heavy atom. The molecule has 0 aliphatic carbocycles. The van der Waals surface area contributed by atoms with Crippen LogP contribution >= 0.6 is 7.92 Å². The molecular formula is C20H17O2P. The summed E-state index contributed by atoms with van der Waals surface area (Å²) < 4.78 is 6.11. The number of aryl methyl sites for hydroxylation is 2. The van der Waals surface area contributed by atoms with Gasteiger partial charge in [0.15, 0.2) is 0 Å². The molecule has 23 heavy (non-hydrogen) atoms. The Labute approximate surface area is 137 Å². The maximum Gasteiger partial charge on any atom is 0.135 e. The van der Waals surface area contributed by atoms with Gasteiger partial charge in [-0.1, -0.05) is 41.5 Å². The number of hydrogen-bond acceptors (Lipinski definition) is 2. The highest BCUT2D eigenvalue weighted by Crippen LogP contribution is 2.46. The van der Waals surface area contributed by atoms with Crippen molar-refractivity contribution in [2.75, 3.05) is 0 Å². The van der Waals surface area contributed by atoms with Gasteiger partial charge in [0.25, 0.3) is 0 Å². The number of phenolic OH excluding ortho intramolecular Hbond substituents is 1. The molecular weight excluding hydrogens is 303 g/mol. The van der Waals surface area contributed by atoms with Gasteiger partial charge in [-0.2, -0.15) is 0 Å². The smallest absolute Gasteiger partial charge is 0.135 e. The van der Waals surface area contributed by atoms with Gasteiger partial charge in [-0.15, -0.1) is 0 Å². The van der Waals surface area contributed by atoms with Crippen LogP contribution < -0.4 is 20.7 Å². The lowest BCUT2D eigenvalue weighted by Crippen LogP contribution is -2.27. The zero-order chi connectivity index (χ0) is 16.0.